The number of hydrogen-bond donors (Lipinski definition) is 3. The van der Waals surface area contributed by atoms with Crippen molar-refractivity contribution in [2.45, 2.75) is 38.4 Å². The molecule has 300 valence electrons. The van der Waals surface area contributed by atoms with Crippen LogP contribution in [0.3, 0.4) is 0 Å². The number of likely N-dealkylation sites (N-methyl/N-ethyl adjacent to an activating group) is 1. The summed E-state index contributed by atoms with van der Waals surface area (Å²) >= 11 is 0. The third kappa shape index (κ3) is 12.9. The number of rotatable bonds is 20. The highest BCUT2D eigenvalue weighted by Gasteiger charge is 2.30. The van der Waals surface area contributed by atoms with E-state index >= 15 is 0 Å². The number of carbonyl (C=O) groups excluding carboxylic acids is 2. The van der Waals surface area contributed by atoms with Crippen LogP contribution in [0.1, 0.15) is 57.8 Å². The zero-order valence-corrected chi connectivity index (χ0v) is 31.1. The van der Waals surface area contributed by atoms with Crippen molar-refractivity contribution in [3.8, 4) is 5.69 Å². The van der Waals surface area contributed by atoms with Gasteiger partial charge in [0.2, 0.25) is 0 Å². The van der Waals surface area contributed by atoms with Crippen LogP contribution in [0.5, 0.6) is 0 Å². The number of anilines is 3. The van der Waals surface area contributed by atoms with Crippen molar-refractivity contribution < 1.29 is 46.9 Å². The van der Waals surface area contributed by atoms with Gasteiger partial charge in [-0.3, -0.25) is 19.3 Å². The number of pyridine rings is 1. The van der Waals surface area contributed by atoms with E-state index < -0.39 is 29.5 Å². The van der Waals surface area contributed by atoms with Crippen molar-refractivity contribution in [3.05, 3.63) is 95.4 Å². The van der Waals surface area contributed by atoms with E-state index in [9.17, 15) is 27.6 Å². The van der Waals surface area contributed by atoms with Gasteiger partial charge in [-0.1, -0.05) is 12.1 Å². The van der Waals surface area contributed by atoms with Gasteiger partial charge < -0.3 is 34.9 Å². The topological polar surface area (TPSA) is 160 Å². The second kappa shape index (κ2) is 20.5. The van der Waals surface area contributed by atoms with Gasteiger partial charge in [0.1, 0.15) is 5.69 Å². The fourth-order valence-corrected chi connectivity index (χ4v) is 5.88. The Hall–Kier alpha value is -5.36. The lowest BCUT2D eigenvalue weighted by molar-refractivity contribution is -0.139. The Labute approximate surface area is 322 Å². The summed E-state index contributed by atoms with van der Waals surface area (Å²) < 4.78 is 57.4. The lowest BCUT2D eigenvalue weighted by atomic mass is 10.1. The van der Waals surface area contributed by atoms with Crippen LogP contribution in [0.4, 0.5) is 30.4 Å². The molecule has 3 heterocycles. The van der Waals surface area contributed by atoms with Gasteiger partial charge in [-0.15, -0.1) is 0 Å². The summed E-state index contributed by atoms with van der Waals surface area (Å²) in [6.07, 6.45) is 0.0351. The molecular weight excluding hydrogens is 735 g/mol. The number of carbonyl (C=O) groups is 3. The molecule has 17 heteroatoms. The number of piperidine rings is 1. The first-order valence-corrected chi connectivity index (χ1v) is 18.3. The molecule has 5 rings (SSSR count). The molecule has 1 fully saturated rings. The first kappa shape index (κ1) is 41.8. The molecular formula is C39H46F3N7O7. The predicted octanol–water partition coefficient (Wildman–Crippen LogP) is 5.74. The minimum Gasteiger partial charge on any atom is -0.481 e. The van der Waals surface area contributed by atoms with E-state index in [-0.39, 0.29) is 41.5 Å². The van der Waals surface area contributed by atoms with Crippen molar-refractivity contribution in [3.63, 3.8) is 0 Å². The molecule has 0 bridgehead atoms. The zero-order chi connectivity index (χ0) is 39.9. The van der Waals surface area contributed by atoms with Crippen LogP contribution in [0.2, 0.25) is 0 Å². The van der Waals surface area contributed by atoms with Crippen molar-refractivity contribution in [1.29, 1.82) is 0 Å². The average molecular weight is 782 g/mol. The molecule has 0 spiro atoms. The van der Waals surface area contributed by atoms with Crippen LogP contribution in [0.15, 0.2) is 72.9 Å². The number of aliphatic carboxylic acids is 1. The van der Waals surface area contributed by atoms with Crippen LogP contribution in [-0.2, 0) is 31.7 Å². The maximum absolute atomic E-state index is 13.8. The van der Waals surface area contributed by atoms with Crippen molar-refractivity contribution in [2.75, 3.05) is 81.9 Å². The van der Waals surface area contributed by atoms with Gasteiger partial charge in [0, 0.05) is 44.1 Å². The van der Waals surface area contributed by atoms with Gasteiger partial charge in [0.15, 0.2) is 5.82 Å². The summed E-state index contributed by atoms with van der Waals surface area (Å²) in [7, 11) is 1.90. The number of halogens is 3. The number of benzene rings is 2. The summed E-state index contributed by atoms with van der Waals surface area (Å²) in [5.41, 5.74) is 1.41. The van der Waals surface area contributed by atoms with Crippen LogP contribution in [0.25, 0.3) is 5.69 Å². The third-order valence-electron chi connectivity index (χ3n) is 8.78. The van der Waals surface area contributed by atoms with Crippen LogP contribution >= 0.6 is 0 Å². The van der Waals surface area contributed by atoms with Gasteiger partial charge in [0.25, 0.3) is 11.8 Å². The van der Waals surface area contributed by atoms with Gasteiger partial charge in [-0.05, 0) is 74.8 Å². The molecule has 0 aliphatic carbocycles. The quantitative estimate of drug-likeness (QED) is 0.0940. The van der Waals surface area contributed by atoms with Crippen molar-refractivity contribution in [1.82, 2.24) is 19.7 Å². The summed E-state index contributed by atoms with van der Waals surface area (Å²) in [5, 5.41) is 18.4. The molecule has 1 saturated heterocycles. The largest absolute Gasteiger partial charge is 0.481 e. The van der Waals surface area contributed by atoms with E-state index in [1.54, 1.807) is 24.3 Å². The lowest BCUT2D eigenvalue weighted by Crippen LogP contribution is -2.30. The number of nitrogens with zero attached hydrogens (tertiary/aromatic N) is 5. The second-order valence-electron chi connectivity index (χ2n) is 13.1. The zero-order valence-electron chi connectivity index (χ0n) is 31.1. The Morgan fingerprint density at radius 3 is 2.27 bits per heavy atom. The maximum atomic E-state index is 13.8. The Kier molecular flexibility index (Phi) is 15.3. The molecule has 4 aromatic rings. The van der Waals surface area contributed by atoms with Gasteiger partial charge >= 0.3 is 12.1 Å². The standard InChI is InChI=1S/C39H46F3N7O7/c1-47(18-20-55-22-24-56-23-21-54-19-14-36(50)51)27-29-8-6-10-34(43-29)38(53)44-33-12-11-30(48-15-3-2-4-16-48)26-32(33)37(52)45-35-13-17-49(46-35)31-9-5-7-28(25-31)39(40,41)42/h5-13,17,25-26H,2-4,14-16,18-24,27H2,1H3,(H,44,53)(H,50,51)(H,45,46,52). The van der Waals surface area contributed by atoms with E-state index in [1.807, 2.05) is 24.1 Å². The van der Waals surface area contributed by atoms with E-state index in [4.69, 9.17) is 19.3 Å². The number of carboxylic acids is 1. The highest BCUT2D eigenvalue weighted by Crippen LogP contribution is 2.31. The third-order valence-corrected chi connectivity index (χ3v) is 8.78. The Bertz CT molecular complexity index is 1920. The van der Waals surface area contributed by atoms with E-state index in [1.165, 1.54) is 29.1 Å². The van der Waals surface area contributed by atoms with Gasteiger partial charge in [-0.2, -0.15) is 18.3 Å². The number of aromatic nitrogens is 3. The summed E-state index contributed by atoms with van der Waals surface area (Å²) in [6, 6.07) is 16.6. The maximum Gasteiger partial charge on any atom is 0.416 e. The molecule has 56 heavy (non-hydrogen) atoms. The van der Waals surface area contributed by atoms with Crippen LogP contribution in [-0.4, -0.2) is 109 Å². The molecule has 2 amide bonds. The van der Waals surface area contributed by atoms with E-state index in [0.29, 0.717) is 51.8 Å². The Morgan fingerprint density at radius 2 is 1.54 bits per heavy atom. The number of amides is 2. The van der Waals surface area contributed by atoms with Crippen molar-refractivity contribution >= 4 is 35.0 Å². The monoisotopic (exact) mass is 781 g/mol. The second-order valence-corrected chi connectivity index (χ2v) is 13.1. The first-order valence-electron chi connectivity index (χ1n) is 18.3. The lowest BCUT2D eigenvalue weighted by Gasteiger charge is -2.29. The molecule has 0 atom stereocenters. The number of alkyl halides is 3. The average Bonchev–Trinajstić information content (AvgIpc) is 3.65. The normalized spacial score (nSPS) is 13.2. The smallest absolute Gasteiger partial charge is 0.416 e. The van der Waals surface area contributed by atoms with E-state index in [2.05, 4.69) is 25.6 Å². The van der Waals surface area contributed by atoms with Crippen molar-refractivity contribution in [2.24, 2.45) is 0 Å². The summed E-state index contributed by atoms with van der Waals surface area (Å²) in [4.78, 5) is 46.5. The SMILES string of the molecule is CN(CCOCCOCCOCCC(=O)O)Cc1cccc(C(=O)Nc2ccc(N3CCCCC3)cc2C(=O)Nc2ccn(-c3cccc(C(F)(F)F)c3)n2)n1. The first-order chi connectivity index (χ1) is 27.0. The minimum absolute atomic E-state index is 0.0457. The van der Waals surface area contributed by atoms with E-state index in [0.717, 1.165) is 50.2 Å². The Balaban J connectivity index is 1.18. The molecule has 0 radical (unpaired) electrons. The number of carboxylic acid groups (broad SMARTS) is 1. The van der Waals surface area contributed by atoms with Crippen LogP contribution < -0.4 is 15.5 Å². The summed E-state index contributed by atoms with van der Waals surface area (Å²) in [5.74, 6) is -1.87. The molecule has 1 aliphatic heterocycles. The fraction of sp³-hybridized carbons (Fsp3) is 0.410. The molecule has 2 aromatic carbocycles. The molecule has 0 unspecified atom stereocenters. The molecule has 0 saturated carbocycles. The van der Waals surface area contributed by atoms with Crippen LogP contribution in [0, 0.1) is 0 Å². The molecule has 1 aliphatic rings. The van der Waals surface area contributed by atoms with Gasteiger partial charge in [0.05, 0.1) is 74.3 Å². The number of hydrogen-bond acceptors (Lipinski definition) is 10. The predicted molar refractivity (Wildman–Crippen MR) is 202 cm³/mol. The van der Waals surface area contributed by atoms with Gasteiger partial charge in [-0.25, -0.2) is 9.67 Å². The molecule has 3 N–H and O–H groups in total. The minimum atomic E-state index is -4.52. The number of nitrogens with one attached hydrogen (secondary N) is 2. The number of ether oxygens (including phenoxy) is 3. The molecule has 2 aromatic heterocycles. The highest BCUT2D eigenvalue weighted by atomic mass is 19.4. The molecule has 14 nitrogen and oxygen atoms in total. The highest BCUT2D eigenvalue weighted by molar-refractivity contribution is 6.12. The fourth-order valence-electron chi connectivity index (χ4n) is 5.88. The Morgan fingerprint density at radius 1 is 0.821 bits per heavy atom. The summed E-state index contributed by atoms with van der Waals surface area (Å²) in [6.45, 7) is 4.70.